The average molecular weight is 516 g/mol. The number of carbonyl (C=O) groups is 1. The van der Waals surface area contributed by atoms with Crippen LogP contribution in [0.15, 0.2) is 36.4 Å². The number of carboxylic acids is 1. The first kappa shape index (κ1) is 29.1. The lowest BCUT2D eigenvalue weighted by Gasteiger charge is -2.28. The fourth-order valence-corrected chi connectivity index (χ4v) is 5.17. The Kier molecular flexibility index (Phi) is 11.4. The van der Waals surface area contributed by atoms with Crippen LogP contribution in [0.1, 0.15) is 74.3 Å². The van der Waals surface area contributed by atoms with Crippen LogP contribution in [0.4, 0.5) is 4.39 Å². The van der Waals surface area contributed by atoms with E-state index in [1.165, 1.54) is 0 Å². The molecule has 1 aliphatic rings. The van der Waals surface area contributed by atoms with Crippen LogP contribution in [-0.2, 0) is 22.4 Å². The van der Waals surface area contributed by atoms with Crippen molar-refractivity contribution < 1.29 is 28.9 Å². The fourth-order valence-electron chi connectivity index (χ4n) is 5.17. The fraction of sp³-hybridized carbons (Fsp3) is 0.567. The van der Waals surface area contributed by atoms with E-state index in [4.69, 9.17) is 14.6 Å². The van der Waals surface area contributed by atoms with Gasteiger partial charge in [-0.15, -0.1) is 0 Å². The molecule has 0 bridgehead atoms. The van der Waals surface area contributed by atoms with Crippen LogP contribution in [0, 0.1) is 12.7 Å². The molecule has 7 heteroatoms. The molecule has 0 amide bonds. The molecule has 2 aromatic carbocycles. The van der Waals surface area contributed by atoms with E-state index in [0.717, 1.165) is 54.7 Å². The van der Waals surface area contributed by atoms with Gasteiger partial charge in [-0.3, -0.25) is 9.69 Å². The zero-order valence-corrected chi connectivity index (χ0v) is 22.4. The third kappa shape index (κ3) is 8.80. The highest BCUT2D eigenvalue weighted by Crippen LogP contribution is 2.31. The lowest BCUT2D eigenvalue weighted by molar-refractivity contribution is -0.137. The van der Waals surface area contributed by atoms with Crippen molar-refractivity contribution in [2.24, 2.45) is 0 Å². The van der Waals surface area contributed by atoms with Crippen molar-refractivity contribution in [1.82, 2.24) is 4.90 Å². The molecule has 3 atom stereocenters. The number of aliphatic hydroxyl groups is 1. The summed E-state index contributed by atoms with van der Waals surface area (Å²) in [6.07, 6.45) is 4.23. The summed E-state index contributed by atoms with van der Waals surface area (Å²) in [5.41, 5.74) is 3.70. The monoisotopic (exact) mass is 515 g/mol. The number of benzene rings is 2. The number of β-amino-alcohol motifs (C(OH)–C–C–N with tert-alkyl or cyclic N) is 1. The number of aliphatic hydroxyl groups excluding tert-OH is 1. The van der Waals surface area contributed by atoms with Gasteiger partial charge in [0.25, 0.3) is 0 Å². The van der Waals surface area contributed by atoms with E-state index in [1.807, 2.05) is 44.2 Å². The maximum absolute atomic E-state index is 14.0. The Morgan fingerprint density at radius 1 is 1.24 bits per heavy atom. The SMILES string of the molecule is CCOc1cccc([C@@H](C)OC[C@H](O)CN2CCC[C@H]2Cc2ccc(C)c(F)c2)c1CCCCC(=O)O. The normalized spacial score (nSPS) is 17.6. The molecule has 0 radical (unpaired) electrons. The number of aryl methyl sites for hydroxylation is 1. The van der Waals surface area contributed by atoms with Crippen LogP contribution in [0.5, 0.6) is 5.75 Å². The van der Waals surface area contributed by atoms with E-state index >= 15 is 0 Å². The summed E-state index contributed by atoms with van der Waals surface area (Å²) in [7, 11) is 0. The zero-order chi connectivity index (χ0) is 26.8. The minimum absolute atomic E-state index is 0.154. The third-order valence-corrected chi connectivity index (χ3v) is 7.17. The Bertz CT molecular complexity index is 1010. The standard InChI is InChI=1S/C30H42FNO5/c1-4-36-29-12-7-11-26(27(29)10-5-6-13-30(34)35)22(3)37-20-25(33)19-32-16-8-9-24(32)17-23-15-14-21(2)28(31)18-23/h7,11-12,14-15,18,22,24-25,33H,4-6,8-10,13,16-17,19-20H2,1-3H3,(H,34,35)/t22-,24+,25-/m1/s1. The van der Waals surface area contributed by atoms with Gasteiger partial charge in [-0.05, 0) is 100 Å². The van der Waals surface area contributed by atoms with Crippen molar-refractivity contribution in [2.75, 3.05) is 26.3 Å². The molecule has 0 spiro atoms. The Morgan fingerprint density at radius 2 is 2.05 bits per heavy atom. The van der Waals surface area contributed by atoms with Crippen LogP contribution in [0.2, 0.25) is 0 Å². The molecule has 2 N–H and O–H groups in total. The molecular formula is C30H42FNO5. The Morgan fingerprint density at radius 3 is 2.78 bits per heavy atom. The number of unbranched alkanes of at least 4 members (excludes halogenated alkanes) is 1. The second kappa shape index (κ2) is 14.5. The number of hydrogen-bond donors (Lipinski definition) is 2. The highest BCUT2D eigenvalue weighted by molar-refractivity contribution is 5.66. The number of rotatable bonds is 15. The third-order valence-electron chi connectivity index (χ3n) is 7.17. The Hall–Kier alpha value is -2.48. The highest BCUT2D eigenvalue weighted by Gasteiger charge is 2.27. The molecule has 3 rings (SSSR count). The first-order valence-corrected chi connectivity index (χ1v) is 13.5. The van der Waals surface area contributed by atoms with E-state index in [1.54, 1.807) is 13.0 Å². The maximum Gasteiger partial charge on any atom is 0.303 e. The molecule has 1 saturated heterocycles. The van der Waals surface area contributed by atoms with Crippen molar-refractivity contribution in [3.8, 4) is 5.75 Å². The van der Waals surface area contributed by atoms with E-state index in [0.29, 0.717) is 31.6 Å². The summed E-state index contributed by atoms with van der Waals surface area (Å²) in [6, 6.07) is 11.6. The molecule has 0 unspecified atom stereocenters. The minimum atomic E-state index is -0.782. The summed E-state index contributed by atoms with van der Waals surface area (Å²) in [5, 5.41) is 19.7. The van der Waals surface area contributed by atoms with Gasteiger partial charge in [0.15, 0.2) is 0 Å². The summed E-state index contributed by atoms with van der Waals surface area (Å²) in [4.78, 5) is 13.2. The van der Waals surface area contributed by atoms with Crippen molar-refractivity contribution in [3.05, 3.63) is 64.5 Å². The number of likely N-dealkylation sites (tertiary alicyclic amines) is 1. The predicted octanol–water partition coefficient (Wildman–Crippen LogP) is 5.48. The molecular weight excluding hydrogens is 473 g/mol. The molecule has 1 fully saturated rings. The quantitative estimate of drug-likeness (QED) is 0.306. The number of nitrogens with zero attached hydrogens (tertiary/aromatic N) is 1. The van der Waals surface area contributed by atoms with E-state index in [-0.39, 0.29) is 31.0 Å². The number of carboxylic acid groups (broad SMARTS) is 1. The molecule has 1 aliphatic heterocycles. The molecule has 2 aromatic rings. The minimum Gasteiger partial charge on any atom is -0.494 e. The molecule has 0 saturated carbocycles. The summed E-state index contributed by atoms with van der Waals surface area (Å²) >= 11 is 0. The second-order valence-electron chi connectivity index (χ2n) is 10.1. The van der Waals surface area contributed by atoms with Crippen LogP contribution in [-0.4, -0.2) is 59.5 Å². The van der Waals surface area contributed by atoms with Gasteiger partial charge in [0.1, 0.15) is 11.6 Å². The van der Waals surface area contributed by atoms with Gasteiger partial charge < -0.3 is 19.7 Å². The Labute approximate surface area is 220 Å². The summed E-state index contributed by atoms with van der Waals surface area (Å²) in [5.74, 6) is -0.145. The van der Waals surface area contributed by atoms with Crippen molar-refractivity contribution >= 4 is 5.97 Å². The summed E-state index contributed by atoms with van der Waals surface area (Å²) in [6.45, 7) is 7.89. The van der Waals surface area contributed by atoms with Gasteiger partial charge in [0, 0.05) is 19.0 Å². The van der Waals surface area contributed by atoms with Gasteiger partial charge >= 0.3 is 5.97 Å². The molecule has 0 aliphatic carbocycles. The maximum atomic E-state index is 14.0. The highest BCUT2D eigenvalue weighted by atomic mass is 19.1. The number of ether oxygens (including phenoxy) is 2. The van der Waals surface area contributed by atoms with Crippen LogP contribution < -0.4 is 4.74 Å². The number of aliphatic carboxylic acids is 1. The van der Waals surface area contributed by atoms with Crippen molar-refractivity contribution in [2.45, 2.75) is 84.0 Å². The van der Waals surface area contributed by atoms with Crippen LogP contribution in [0.3, 0.4) is 0 Å². The first-order chi connectivity index (χ1) is 17.8. The van der Waals surface area contributed by atoms with Crippen LogP contribution in [0.25, 0.3) is 0 Å². The van der Waals surface area contributed by atoms with E-state index in [2.05, 4.69) is 4.90 Å². The number of halogens is 1. The van der Waals surface area contributed by atoms with Gasteiger partial charge in [-0.25, -0.2) is 4.39 Å². The van der Waals surface area contributed by atoms with Crippen LogP contribution >= 0.6 is 0 Å². The van der Waals surface area contributed by atoms with Gasteiger partial charge in [-0.1, -0.05) is 24.3 Å². The molecule has 204 valence electrons. The van der Waals surface area contributed by atoms with Gasteiger partial charge in [0.2, 0.25) is 0 Å². The zero-order valence-electron chi connectivity index (χ0n) is 22.4. The predicted molar refractivity (Wildman–Crippen MR) is 143 cm³/mol. The van der Waals surface area contributed by atoms with Crippen molar-refractivity contribution in [3.63, 3.8) is 0 Å². The molecule has 0 aromatic heterocycles. The molecule has 1 heterocycles. The number of hydrogen-bond acceptors (Lipinski definition) is 5. The van der Waals surface area contributed by atoms with E-state index in [9.17, 15) is 14.3 Å². The lowest BCUT2D eigenvalue weighted by Crippen LogP contribution is -2.39. The summed E-state index contributed by atoms with van der Waals surface area (Å²) < 4.78 is 26.0. The molecule has 37 heavy (non-hydrogen) atoms. The van der Waals surface area contributed by atoms with E-state index < -0.39 is 12.1 Å². The topological polar surface area (TPSA) is 79.2 Å². The Balaban J connectivity index is 1.56. The lowest BCUT2D eigenvalue weighted by atomic mass is 9.97. The van der Waals surface area contributed by atoms with Crippen molar-refractivity contribution in [1.29, 1.82) is 0 Å². The van der Waals surface area contributed by atoms with Gasteiger partial charge in [-0.2, -0.15) is 0 Å². The second-order valence-corrected chi connectivity index (χ2v) is 10.1. The largest absolute Gasteiger partial charge is 0.494 e. The van der Waals surface area contributed by atoms with Gasteiger partial charge in [0.05, 0.1) is 25.4 Å². The molecule has 6 nitrogen and oxygen atoms in total. The average Bonchev–Trinajstić information content (AvgIpc) is 3.29. The first-order valence-electron chi connectivity index (χ1n) is 13.5. The smallest absolute Gasteiger partial charge is 0.303 e.